The maximum absolute atomic E-state index is 5.53. The topological polar surface area (TPSA) is 33.7 Å². The van der Waals surface area contributed by atoms with Gasteiger partial charge in [0.15, 0.2) is 0 Å². The molecule has 0 radical (unpaired) electrons. The van der Waals surface area contributed by atoms with Crippen molar-refractivity contribution in [1.82, 2.24) is 5.32 Å². The molecule has 21 heavy (non-hydrogen) atoms. The van der Waals surface area contributed by atoms with Gasteiger partial charge in [0.2, 0.25) is 0 Å². The van der Waals surface area contributed by atoms with E-state index in [1.54, 1.807) is 0 Å². The van der Waals surface area contributed by atoms with Gasteiger partial charge >= 0.3 is 0 Å². The van der Waals surface area contributed by atoms with Gasteiger partial charge in [-0.25, -0.2) is 0 Å². The maximum Gasteiger partial charge on any atom is 0.0642 e. The van der Waals surface area contributed by atoms with Crippen molar-refractivity contribution in [2.75, 3.05) is 51.0 Å². The van der Waals surface area contributed by atoms with E-state index in [0.29, 0.717) is 0 Å². The van der Waals surface area contributed by atoms with Crippen LogP contribution in [0.5, 0.6) is 0 Å². The lowest BCUT2D eigenvalue weighted by Crippen LogP contribution is -2.36. The normalized spacial score (nSPS) is 15.4. The number of hydrogen-bond donors (Lipinski definition) is 1. The van der Waals surface area contributed by atoms with E-state index < -0.39 is 0 Å². The van der Waals surface area contributed by atoms with Gasteiger partial charge in [0.25, 0.3) is 0 Å². The molecule has 1 aliphatic rings. The summed E-state index contributed by atoms with van der Waals surface area (Å²) in [6.45, 7) is 9.33. The number of benzene rings is 1. The predicted octanol–water partition coefficient (Wildman–Crippen LogP) is 2.43. The van der Waals surface area contributed by atoms with E-state index >= 15 is 0 Å². The van der Waals surface area contributed by atoms with Gasteiger partial charge < -0.3 is 19.7 Å². The van der Waals surface area contributed by atoms with Crippen LogP contribution in [0.3, 0.4) is 0 Å². The van der Waals surface area contributed by atoms with Crippen LogP contribution in [0.15, 0.2) is 24.3 Å². The molecule has 1 fully saturated rings. The van der Waals surface area contributed by atoms with Gasteiger partial charge in [-0.1, -0.05) is 25.5 Å². The first-order chi connectivity index (χ1) is 10.4. The van der Waals surface area contributed by atoms with Crippen LogP contribution in [0.25, 0.3) is 0 Å². The van der Waals surface area contributed by atoms with Crippen LogP contribution in [0.2, 0.25) is 0 Å². The van der Waals surface area contributed by atoms with E-state index in [1.807, 2.05) is 0 Å². The van der Waals surface area contributed by atoms with Crippen molar-refractivity contribution >= 4 is 5.69 Å². The van der Waals surface area contributed by atoms with Crippen LogP contribution in [-0.2, 0) is 16.0 Å². The first kappa shape index (κ1) is 16.3. The van der Waals surface area contributed by atoms with Gasteiger partial charge in [-0.05, 0) is 24.1 Å². The molecule has 2 rings (SSSR count). The Kier molecular flexibility index (Phi) is 7.57. The molecule has 0 spiro atoms. The summed E-state index contributed by atoms with van der Waals surface area (Å²) >= 11 is 0. The summed E-state index contributed by atoms with van der Waals surface area (Å²) in [4.78, 5) is 2.38. The zero-order chi connectivity index (χ0) is 14.8. The highest BCUT2D eigenvalue weighted by Crippen LogP contribution is 2.16. The molecule has 1 saturated heterocycles. The van der Waals surface area contributed by atoms with Crippen molar-refractivity contribution in [3.8, 4) is 0 Å². The molecule has 0 amide bonds. The Balaban J connectivity index is 1.63. The fourth-order valence-corrected chi connectivity index (χ4v) is 2.37. The van der Waals surface area contributed by atoms with E-state index in [1.165, 1.54) is 17.7 Å². The summed E-state index contributed by atoms with van der Waals surface area (Å²) in [6.07, 6.45) is 2.35. The lowest BCUT2D eigenvalue weighted by molar-refractivity contribution is 0.122. The second-order valence-electron chi connectivity index (χ2n) is 5.41. The van der Waals surface area contributed by atoms with E-state index in [2.05, 4.69) is 41.4 Å². The van der Waals surface area contributed by atoms with Crippen LogP contribution in [0, 0.1) is 0 Å². The quantitative estimate of drug-likeness (QED) is 0.709. The van der Waals surface area contributed by atoms with Gasteiger partial charge in [0, 0.05) is 38.5 Å². The van der Waals surface area contributed by atoms with Crippen molar-refractivity contribution in [1.29, 1.82) is 0 Å². The second-order valence-corrected chi connectivity index (χ2v) is 5.41. The highest BCUT2D eigenvalue weighted by molar-refractivity contribution is 5.47. The first-order valence-corrected chi connectivity index (χ1v) is 8.10. The molecular weight excluding hydrogens is 264 g/mol. The van der Waals surface area contributed by atoms with Crippen molar-refractivity contribution in [3.63, 3.8) is 0 Å². The van der Waals surface area contributed by atoms with Crippen molar-refractivity contribution < 1.29 is 9.47 Å². The lowest BCUT2D eigenvalue weighted by Gasteiger charge is -2.28. The molecule has 0 unspecified atom stereocenters. The molecule has 4 heteroatoms. The molecule has 0 aromatic heterocycles. The Morgan fingerprint density at radius 1 is 1.14 bits per heavy atom. The number of rotatable bonds is 9. The van der Waals surface area contributed by atoms with Crippen LogP contribution >= 0.6 is 0 Å². The molecule has 0 saturated carbocycles. The average Bonchev–Trinajstić information content (AvgIpc) is 2.55. The smallest absolute Gasteiger partial charge is 0.0642 e. The molecule has 118 valence electrons. The summed E-state index contributed by atoms with van der Waals surface area (Å²) < 4.78 is 10.9. The Morgan fingerprint density at radius 2 is 1.90 bits per heavy atom. The third kappa shape index (κ3) is 6.04. The first-order valence-electron chi connectivity index (χ1n) is 8.10. The van der Waals surface area contributed by atoms with Crippen LogP contribution in [-0.4, -0.2) is 46.1 Å². The van der Waals surface area contributed by atoms with Gasteiger partial charge in [-0.15, -0.1) is 0 Å². The zero-order valence-electron chi connectivity index (χ0n) is 13.1. The minimum Gasteiger partial charge on any atom is -0.380 e. The molecule has 4 nitrogen and oxygen atoms in total. The number of ether oxygens (including phenoxy) is 2. The third-order valence-electron chi connectivity index (χ3n) is 3.71. The van der Waals surface area contributed by atoms with E-state index in [-0.39, 0.29) is 0 Å². The maximum atomic E-state index is 5.53. The molecule has 1 heterocycles. The molecule has 1 aromatic rings. The van der Waals surface area contributed by atoms with Gasteiger partial charge in [-0.2, -0.15) is 0 Å². The number of hydrogen-bond acceptors (Lipinski definition) is 4. The lowest BCUT2D eigenvalue weighted by atomic mass is 10.2. The van der Waals surface area contributed by atoms with Crippen molar-refractivity contribution in [3.05, 3.63) is 29.8 Å². The largest absolute Gasteiger partial charge is 0.380 e. The summed E-state index contributed by atoms with van der Waals surface area (Å²) in [5.74, 6) is 0. The molecule has 1 aromatic carbocycles. The van der Waals surface area contributed by atoms with E-state index in [0.717, 1.165) is 59.0 Å². The van der Waals surface area contributed by atoms with Gasteiger partial charge in [0.1, 0.15) is 0 Å². The summed E-state index contributed by atoms with van der Waals surface area (Å²) in [5, 5.41) is 3.42. The SMILES string of the molecule is CCCCOCCNCc1ccc(N2CCOCC2)cc1. The molecule has 1 N–H and O–H groups in total. The fraction of sp³-hybridized carbons (Fsp3) is 0.647. The highest BCUT2D eigenvalue weighted by Gasteiger charge is 2.10. The number of morpholine rings is 1. The molecular formula is C17H28N2O2. The average molecular weight is 292 g/mol. The molecule has 1 aliphatic heterocycles. The number of unbranched alkanes of at least 4 members (excludes halogenated alkanes) is 1. The summed E-state index contributed by atoms with van der Waals surface area (Å²) in [5.41, 5.74) is 2.62. The third-order valence-corrected chi connectivity index (χ3v) is 3.71. The van der Waals surface area contributed by atoms with Crippen LogP contribution in [0.4, 0.5) is 5.69 Å². The molecule has 0 bridgehead atoms. The van der Waals surface area contributed by atoms with E-state index in [9.17, 15) is 0 Å². The standard InChI is InChI=1S/C17H28N2O2/c1-2-3-11-20-12-8-18-15-16-4-6-17(7-5-16)19-9-13-21-14-10-19/h4-7,18H,2-3,8-15H2,1H3. The number of anilines is 1. The Hall–Kier alpha value is -1.10. The molecule has 0 aliphatic carbocycles. The van der Waals surface area contributed by atoms with Crippen LogP contribution < -0.4 is 10.2 Å². The number of nitrogens with zero attached hydrogens (tertiary/aromatic N) is 1. The molecule has 0 atom stereocenters. The Bertz CT molecular complexity index is 375. The fourth-order valence-electron chi connectivity index (χ4n) is 2.37. The van der Waals surface area contributed by atoms with Gasteiger partial charge in [-0.3, -0.25) is 0 Å². The summed E-state index contributed by atoms with van der Waals surface area (Å²) in [6, 6.07) is 8.83. The predicted molar refractivity (Wildman–Crippen MR) is 86.9 cm³/mol. The Labute approximate surface area is 128 Å². The van der Waals surface area contributed by atoms with Crippen LogP contribution in [0.1, 0.15) is 25.3 Å². The van der Waals surface area contributed by atoms with Crippen molar-refractivity contribution in [2.45, 2.75) is 26.3 Å². The minimum absolute atomic E-state index is 0.797. The van der Waals surface area contributed by atoms with Crippen molar-refractivity contribution in [2.24, 2.45) is 0 Å². The highest BCUT2D eigenvalue weighted by atomic mass is 16.5. The zero-order valence-corrected chi connectivity index (χ0v) is 13.1. The second kappa shape index (κ2) is 9.77. The Morgan fingerprint density at radius 3 is 2.62 bits per heavy atom. The minimum atomic E-state index is 0.797. The number of nitrogens with one attached hydrogen (secondary N) is 1. The van der Waals surface area contributed by atoms with E-state index in [4.69, 9.17) is 9.47 Å². The van der Waals surface area contributed by atoms with Gasteiger partial charge in [0.05, 0.1) is 19.8 Å². The summed E-state index contributed by atoms with van der Waals surface area (Å²) in [7, 11) is 0. The monoisotopic (exact) mass is 292 g/mol.